The lowest BCUT2D eigenvalue weighted by molar-refractivity contribution is -0.144. The fourth-order valence-corrected chi connectivity index (χ4v) is 2.36. The number of morpholine rings is 1. The van der Waals surface area contributed by atoms with Crippen molar-refractivity contribution in [3.05, 3.63) is 35.9 Å². The van der Waals surface area contributed by atoms with E-state index < -0.39 is 6.04 Å². The lowest BCUT2D eigenvalue weighted by atomic mass is 10.1. The fourth-order valence-electron chi connectivity index (χ4n) is 2.36. The number of hydrogen-bond acceptors (Lipinski definition) is 3. The Kier molecular flexibility index (Phi) is 3.99. The predicted octanol–water partition coefficient (Wildman–Crippen LogP) is 1.32. The normalized spacial score (nSPS) is 25.8. The minimum atomic E-state index is -0.580. The molecule has 1 aliphatic rings. The molecule has 1 fully saturated rings. The first-order valence-corrected chi connectivity index (χ1v) is 6.32. The maximum Gasteiger partial charge on any atom is 0.244 e. The van der Waals surface area contributed by atoms with E-state index in [1.807, 2.05) is 44.2 Å². The third kappa shape index (κ3) is 2.89. The van der Waals surface area contributed by atoms with Crippen LogP contribution < -0.4 is 5.73 Å². The van der Waals surface area contributed by atoms with Crippen LogP contribution in [0.3, 0.4) is 0 Å². The van der Waals surface area contributed by atoms with Gasteiger partial charge in [0.2, 0.25) is 5.91 Å². The van der Waals surface area contributed by atoms with E-state index in [4.69, 9.17) is 10.5 Å². The highest BCUT2D eigenvalue weighted by molar-refractivity contribution is 5.83. The van der Waals surface area contributed by atoms with Crippen molar-refractivity contribution >= 4 is 5.91 Å². The second kappa shape index (κ2) is 5.50. The molecule has 1 saturated heterocycles. The summed E-state index contributed by atoms with van der Waals surface area (Å²) in [5, 5.41) is 0. The molecule has 3 atom stereocenters. The van der Waals surface area contributed by atoms with Gasteiger partial charge in [0.1, 0.15) is 6.04 Å². The van der Waals surface area contributed by atoms with E-state index in [0.717, 1.165) is 5.56 Å². The van der Waals surface area contributed by atoms with Crippen molar-refractivity contribution in [2.75, 3.05) is 13.1 Å². The Morgan fingerprint density at radius 2 is 1.83 bits per heavy atom. The van der Waals surface area contributed by atoms with E-state index in [2.05, 4.69) is 0 Å². The van der Waals surface area contributed by atoms with Crippen LogP contribution in [0.15, 0.2) is 30.3 Å². The summed E-state index contributed by atoms with van der Waals surface area (Å²) in [6.07, 6.45) is 0.140. The highest BCUT2D eigenvalue weighted by Crippen LogP contribution is 2.17. The number of hydrogen-bond donors (Lipinski definition) is 1. The third-order valence-electron chi connectivity index (χ3n) is 3.16. The fraction of sp³-hybridized carbons (Fsp3) is 0.500. The van der Waals surface area contributed by atoms with E-state index in [9.17, 15) is 4.79 Å². The van der Waals surface area contributed by atoms with Gasteiger partial charge < -0.3 is 15.4 Å². The molecule has 0 unspecified atom stereocenters. The van der Waals surface area contributed by atoms with Gasteiger partial charge in [0.25, 0.3) is 0 Å². The van der Waals surface area contributed by atoms with Crippen LogP contribution in [0.4, 0.5) is 0 Å². The molecule has 0 radical (unpaired) electrons. The second-order valence-corrected chi connectivity index (χ2v) is 4.89. The van der Waals surface area contributed by atoms with Gasteiger partial charge in [-0.05, 0) is 19.4 Å². The zero-order chi connectivity index (χ0) is 13.1. The largest absolute Gasteiger partial charge is 0.372 e. The van der Waals surface area contributed by atoms with Crippen LogP contribution in [0, 0.1) is 0 Å². The Labute approximate surface area is 108 Å². The highest BCUT2D eigenvalue weighted by Gasteiger charge is 2.29. The molecule has 1 aromatic rings. The number of benzene rings is 1. The number of carbonyl (C=O) groups is 1. The quantitative estimate of drug-likeness (QED) is 0.859. The van der Waals surface area contributed by atoms with Crippen LogP contribution >= 0.6 is 0 Å². The van der Waals surface area contributed by atoms with E-state index >= 15 is 0 Å². The number of amides is 1. The topological polar surface area (TPSA) is 55.6 Å². The molecule has 98 valence electrons. The summed E-state index contributed by atoms with van der Waals surface area (Å²) in [5.41, 5.74) is 6.88. The van der Waals surface area contributed by atoms with Gasteiger partial charge in [-0.3, -0.25) is 4.79 Å². The third-order valence-corrected chi connectivity index (χ3v) is 3.16. The Hall–Kier alpha value is -1.39. The summed E-state index contributed by atoms with van der Waals surface area (Å²) in [5.74, 6) is -0.0248. The summed E-state index contributed by atoms with van der Waals surface area (Å²) >= 11 is 0. The lowest BCUT2D eigenvalue weighted by Crippen LogP contribution is -2.50. The minimum Gasteiger partial charge on any atom is -0.372 e. The van der Waals surface area contributed by atoms with Crippen molar-refractivity contribution in [1.82, 2.24) is 4.90 Å². The van der Waals surface area contributed by atoms with Crippen molar-refractivity contribution in [1.29, 1.82) is 0 Å². The zero-order valence-corrected chi connectivity index (χ0v) is 10.9. The molecule has 2 N–H and O–H groups in total. The van der Waals surface area contributed by atoms with Gasteiger partial charge in [0.15, 0.2) is 0 Å². The molecule has 1 heterocycles. The Morgan fingerprint density at radius 1 is 1.28 bits per heavy atom. The van der Waals surface area contributed by atoms with Crippen LogP contribution in [-0.2, 0) is 9.53 Å². The van der Waals surface area contributed by atoms with Crippen molar-refractivity contribution in [3.8, 4) is 0 Å². The van der Waals surface area contributed by atoms with E-state index in [0.29, 0.717) is 13.1 Å². The van der Waals surface area contributed by atoms with Crippen molar-refractivity contribution in [2.24, 2.45) is 5.73 Å². The molecule has 0 aromatic heterocycles. The Morgan fingerprint density at radius 3 is 2.39 bits per heavy atom. The van der Waals surface area contributed by atoms with Gasteiger partial charge in [-0.15, -0.1) is 0 Å². The van der Waals surface area contributed by atoms with Gasteiger partial charge in [-0.1, -0.05) is 30.3 Å². The van der Waals surface area contributed by atoms with Gasteiger partial charge in [-0.25, -0.2) is 0 Å². The first-order valence-electron chi connectivity index (χ1n) is 6.32. The Bertz CT molecular complexity index is 398. The Balaban J connectivity index is 2.07. The molecule has 4 nitrogen and oxygen atoms in total. The minimum absolute atomic E-state index is 0.0248. The molecule has 0 aliphatic carbocycles. The van der Waals surface area contributed by atoms with Crippen LogP contribution in [0.5, 0.6) is 0 Å². The van der Waals surface area contributed by atoms with E-state index in [-0.39, 0.29) is 18.1 Å². The summed E-state index contributed by atoms with van der Waals surface area (Å²) in [6, 6.07) is 8.90. The van der Waals surface area contributed by atoms with Gasteiger partial charge >= 0.3 is 0 Å². The summed E-state index contributed by atoms with van der Waals surface area (Å²) in [6.45, 7) is 5.18. The maximum absolute atomic E-state index is 12.3. The monoisotopic (exact) mass is 248 g/mol. The lowest BCUT2D eigenvalue weighted by Gasteiger charge is -2.36. The molecule has 1 aliphatic heterocycles. The van der Waals surface area contributed by atoms with E-state index in [1.54, 1.807) is 4.90 Å². The van der Waals surface area contributed by atoms with Gasteiger partial charge in [-0.2, -0.15) is 0 Å². The molecule has 18 heavy (non-hydrogen) atoms. The SMILES string of the molecule is C[C@@H]1CN(C(=O)[C@@H](N)c2ccccc2)C[C@H](C)O1. The van der Waals surface area contributed by atoms with E-state index in [1.165, 1.54) is 0 Å². The molecule has 4 heteroatoms. The molecule has 0 spiro atoms. The number of nitrogens with two attached hydrogens (primary N) is 1. The second-order valence-electron chi connectivity index (χ2n) is 4.89. The smallest absolute Gasteiger partial charge is 0.244 e. The predicted molar refractivity (Wildman–Crippen MR) is 70.0 cm³/mol. The summed E-state index contributed by atoms with van der Waals surface area (Å²) in [7, 11) is 0. The highest BCUT2D eigenvalue weighted by atomic mass is 16.5. The average Bonchev–Trinajstić information content (AvgIpc) is 2.37. The summed E-state index contributed by atoms with van der Waals surface area (Å²) in [4.78, 5) is 14.1. The van der Waals surface area contributed by atoms with Crippen LogP contribution in [0.25, 0.3) is 0 Å². The molecule has 1 aromatic carbocycles. The molecule has 0 bridgehead atoms. The van der Waals surface area contributed by atoms with Crippen molar-refractivity contribution in [2.45, 2.75) is 32.1 Å². The molecule has 2 rings (SSSR count). The number of rotatable bonds is 2. The zero-order valence-electron chi connectivity index (χ0n) is 10.9. The number of nitrogens with zero attached hydrogens (tertiary/aromatic N) is 1. The van der Waals surface area contributed by atoms with Gasteiger partial charge in [0, 0.05) is 13.1 Å². The first-order chi connectivity index (χ1) is 8.58. The van der Waals surface area contributed by atoms with Gasteiger partial charge in [0.05, 0.1) is 12.2 Å². The first kappa shape index (κ1) is 13.1. The molecule has 0 saturated carbocycles. The van der Waals surface area contributed by atoms with Crippen LogP contribution in [-0.4, -0.2) is 36.1 Å². The molecule has 1 amide bonds. The number of carbonyl (C=O) groups excluding carboxylic acids is 1. The van der Waals surface area contributed by atoms with Crippen molar-refractivity contribution < 1.29 is 9.53 Å². The molecular formula is C14H20N2O2. The maximum atomic E-state index is 12.3. The average molecular weight is 248 g/mol. The van der Waals surface area contributed by atoms with Crippen LogP contribution in [0.2, 0.25) is 0 Å². The van der Waals surface area contributed by atoms with Crippen molar-refractivity contribution in [3.63, 3.8) is 0 Å². The molecular weight excluding hydrogens is 228 g/mol. The standard InChI is InChI=1S/C14H20N2O2/c1-10-8-16(9-11(2)18-10)14(17)13(15)12-6-4-3-5-7-12/h3-7,10-11,13H,8-9,15H2,1-2H3/t10-,11+,13-/m0/s1. The van der Waals surface area contributed by atoms with Crippen LogP contribution in [0.1, 0.15) is 25.5 Å². The summed E-state index contributed by atoms with van der Waals surface area (Å²) < 4.78 is 5.62. The number of ether oxygens (including phenoxy) is 1.